The Kier molecular flexibility index (Phi) is 4.37. The van der Waals surface area contributed by atoms with E-state index in [1.807, 2.05) is 29.5 Å². The monoisotopic (exact) mass is 414 g/mol. The number of imidazole rings is 1. The van der Waals surface area contributed by atoms with Gasteiger partial charge in [0, 0.05) is 10.8 Å². The molecule has 0 aliphatic carbocycles. The average molecular weight is 414 g/mol. The summed E-state index contributed by atoms with van der Waals surface area (Å²) in [6, 6.07) is 18.4. The van der Waals surface area contributed by atoms with Crippen LogP contribution in [0, 0.1) is 24.0 Å². The van der Waals surface area contributed by atoms with Crippen molar-refractivity contribution in [3.8, 4) is 11.3 Å². The molecule has 0 fully saturated rings. The first kappa shape index (κ1) is 19.7. The predicted octanol–water partition coefficient (Wildman–Crippen LogP) is 7.48. The first-order chi connectivity index (χ1) is 14.7. The van der Waals surface area contributed by atoms with Crippen molar-refractivity contribution in [3.05, 3.63) is 83.6 Å². The van der Waals surface area contributed by atoms with Crippen molar-refractivity contribution in [1.82, 2.24) is 9.38 Å². The summed E-state index contributed by atoms with van der Waals surface area (Å²) in [5, 5.41) is 3.11. The molecular formula is C27H24F2N2. The molecule has 0 unspecified atom stereocenters. The number of hydrogen-bond acceptors (Lipinski definition) is 1. The van der Waals surface area contributed by atoms with Gasteiger partial charge in [-0.2, -0.15) is 0 Å². The van der Waals surface area contributed by atoms with Crippen molar-refractivity contribution < 1.29 is 8.78 Å². The van der Waals surface area contributed by atoms with E-state index in [9.17, 15) is 8.78 Å². The molecule has 0 spiro atoms. The Morgan fingerprint density at radius 2 is 1.52 bits per heavy atom. The summed E-state index contributed by atoms with van der Waals surface area (Å²) >= 11 is 0. The first-order valence-corrected chi connectivity index (χ1v) is 10.5. The Morgan fingerprint density at radius 3 is 2.19 bits per heavy atom. The summed E-state index contributed by atoms with van der Waals surface area (Å²) < 4.78 is 31.5. The predicted molar refractivity (Wildman–Crippen MR) is 123 cm³/mol. The topological polar surface area (TPSA) is 17.3 Å². The smallest absolute Gasteiger partial charge is 0.145 e. The molecule has 0 radical (unpaired) electrons. The molecule has 4 heteroatoms. The fraction of sp³-hybridized carbons (Fsp3) is 0.222. The number of aromatic nitrogens is 2. The molecule has 0 atom stereocenters. The summed E-state index contributed by atoms with van der Waals surface area (Å²) in [5.74, 6) is -1.17. The average Bonchev–Trinajstić information content (AvgIpc) is 3.04. The molecule has 0 aliphatic rings. The van der Waals surface area contributed by atoms with E-state index in [-0.39, 0.29) is 11.0 Å². The van der Waals surface area contributed by atoms with Crippen molar-refractivity contribution >= 4 is 27.3 Å². The van der Waals surface area contributed by atoms with E-state index < -0.39 is 11.6 Å². The zero-order chi connectivity index (χ0) is 21.9. The van der Waals surface area contributed by atoms with Crippen molar-refractivity contribution in [3.63, 3.8) is 0 Å². The van der Waals surface area contributed by atoms with Gasteiger partial charge in [0.25, 0.3) is 0 Å². The molecule has 5 rings (SSSR count). The van der Waals surface area contributed by atoms with Crippen molar-refractivity contribution in [1.29, 1.82) is 0 Å². The highest BCUT2D eigenvalue weighted by Crippen LogP contribution is 2.37. The first-order valence-electron chi connectivity index (χ1n) is 10.5. The minimum Gasteiger partial charge on any atom is -0.291 e. The highest BCUT2D eigenvalue weighted by Gasteiger charge is 2.22. The van der Waals surface area contributed by atoms with Gasteiger partial charge in [-0.25, -0.2) is 13.8 Å². The van der Waals surface area contributed by atoms with Gasteiger partial charge >= 0.3 is 0 Å². The highest BCUT2D eigenvalue weighted by atomic mass is 19.1. The van der Waals surface area contributed by atoms with Gasteiger partial charge in [-0.3, -0.25) is 4.40 Å². The van der Waals surface area contributed by atoms with Crippen molar-refractivity contribution in [2.75, 3.05) is 0 Å². The van der Waals surface area contributed by atoms with Gasteiger partial charge in [-0.1, -0.05) is 57.2 Å². The molecule has 0 N–H and O–H groups in total. The number of pyridine rings is 1. The summed E-state index contributed by atoms with van der Waals surface area (Å²) in [7, 11) is 0. The van der Waals surface area contributed by atoms with Crippen LogP contribution in [0.2, 0.25) is 0 Å². The van der Waals surface area contributed by atoms with Gasteiger partial charge in [0.15, 0.2) is 0 Å². The van der Waals surface area contributed by atoms with Gasteiger partial charge < -0.3 is 0 Å². The Balaban J connectivity index is 1.96. The van der Waals surface area contributed by atoms with Crippen LogP contribution < -0.4 is 0 Å². The van der Waals surface area contributed by atoms with Gasteiger partial charge in [-0.15, -0.1) is 0 Å². The number of nitrogens with zero attached hydrogens (tertiary/aromatic N) is 2. The molecule has 31 heavy (non-hydrogen) atoms. The van der Waals surface area contributed by atoms with E-state index in [1.165, 1.54) is 23.8 Å². The van der Waals surface area contributed by atoms with Crippen LogP contribution in [-0.2, 0) is 6.42 Å². The largest absolute Gasteiger partial charge is 0.291 e. The molecular weight excluding hydrogens is 390 g/mol. The molecule has 3 aromatic carbocycles. The van der Waals surface area contributed by atoms with E-state index in [1.54, 1.807) is 0 Å². The lowest BCUT2D eigenvalue weighted by Crippen LogP contribution is -2.09. The maximum Gasteiger partial charge on any atom is 0.145 e. The standard InChI is InChI=1S/C27H24F2N2/c1-16-25(24-21(28)10-7-11-22(24)29)31-23-13-12-17(15-27(2,3)4)14-20(23)18-8-5-6-9-19(18)26(31)30-16/h5-14H,15H2,1-4H3. The van der Waals surface area contributed by atoms with E-state index >= 15 is 0 Å². The van der Waals surface area contributed by atoms with Gasteiger partial charge in [0.1, 0.15) is 17.3 Å². The van der Waals surface area contributed by atoms with Gasteiger partial charge in [0.05, 0.1) is 22.5 Å². The number of hydrogen-bond donors (Lipinski definition) is 0. The molecule has 2 heterocycles. The second-order valence-corrected chi connectivity index (χ2v) is 9.44. The maximum atomic E-state index is 14.8. The zero-order valence-electron chi connectivity index (χ0n) is 18.1. The summed E-state index contributed by atoms with van der Waals surface area (Å²) in [5.41, 5.74) is 4.01. The Labute approximate surface area is 180 Å². The molecule has 0 amide bonds. The SMILES string of the molecule is Cc1nc2c3ccccc3c3cc(CC(C)(C)C)ccc3n2c1-c1c(F)cccc1F. The fourth-order valence-electron chi connectivity index (χ4n) is 4.59. The molecule has 0 bridgehead atoms. The molecule has 2 aromatic heterocycles. The third-order valence-corrected chi connectivity index (χ3v) is 5.75. The highest BCUT2D eigenvalue weighted by molar-refractivity contribution is 6.12. The van der Waals surface area contributed by atoms with Crippen LogP contribution in [0.4, 0.5) is 8.78 Å². The van der Waals surface area contributed by atoms with Crippen LogP contribution in [0.1, 0.15) is 32.0 Å². The Morgan fingerprint density at radius 1 is 0.839 bits per heavy atom. The van der Waals surface area contributed by atoms with Crippen LogP contribution in [0.5, 0.6) is 0 Å². The summed E-state index contributed by atoms with van der Waals surface area (Å²) in [6.07, 6.45) is 0.938. The minimum absolute atomic E-state index is 0.0390. The van der Waals surface area contributed by atoms with Crippen LogP contribution in [-0.4, -0.2) is 9.38 Å². The molecule has 0 aliphatic heterocycles. The third kappa shape index (κ3) is 3.18. The van der Waals surface area contributed by atoms with Crippen molar-refractivity contribution in [2.45, 2.75) is 34.1 Å². The van der Waals surface area contributed by atoms with E-state index in [0.29, 0.717) is 17.0 Å². The van der Waals surface area contributed by atoms with E-state index in [0.717, 1.165) is 28.1 Å². The molecule has 0 saturated heterocycles. The van der Waals surface area contributed by atoms with Gasteiger partial charge in [-0.05, 0) is 54.0 Å². The number of benzene rings is 3. The fourth-order valence-corrected chi connectivity index (χ4v) is 4.59. The number of aryl methyl sites for hydroxylation is 1. The Hall–Kier alpha value is -3.27. The van der Waals surface area contributed by atoms with Gasteiger partial charge in [0.2, 0.25) is 0 Å². The number of halogens is 2. The van der Waals surface area contributed by atoms with Crippen LogP contribution in [0.3, 0.4) is 0 Å². The summed E-state index contributed by atoms with van der Waals surface area (Å²) in [4.78, 5) is 4.76. The summed E-state index contributed by atoms with van der Waals surface area (Å²) in [6.45, 7) is 8.47. The van der Waals surface area contributed by atoms with Crippen LogP contribution in [0.15, 0.2) is 60.7 Å². The Bertz CT molecular complexity index is 1450. The quantitative estimate of drug-likeness (QED) is 0.274. The lowest BCUT2D eigenvalue weighted by atomic mass is 9.87. The number of fused-ring (bicyclic) bond motifs is 6. The minimum atomic E-state index is -0.587. The zero-order valence-corrected chi connectivity index (χ0v) is 18.1. The molecule has 156 valence electrons. The van der Waals surface area contributed by atoms with Crippen LogP contribution >= 0.6 is 0 Å². The normalized spacial score (nSPS) is 12.3. The van der Waals surface area contributed by atoms with E-state index in [2.05, 4.69) is 45.0 Å². The maximum absolute atomic E-state index is 14.8. The van der Waals surface area contributed by atoms with Crippen LogP contribution in [0.25, 0.3) is 38.6 Å². The molecule has 0 saturated carbocycles. The molecule has 2 nitrogen and oxygen atoms in total. The lowest BCUT2D eigenvalue weighted by molar-refractivity contribution is 0.411. The third-order valence-electron chi connectivity index (χ3n) is 5.75. The number of rotatable bonds is 2. The second-order valence-electron chi connectivity index (χ2n) is 9.44. The molecule has 5 aromatic rings. The lowest BCUT2D eigenvalue weighted by Gasteiger charge is -2.19. The van der Waals surface area contributed by atoms with Crippen molar-refractivity contribution in [2.24, 2.45) is 5.41 Å². The second kappa shape index (κ2) is 6.88. The van der Waals surface area contributed by atoms with E-state index in [4.69, 9.17) is 4.98 Å².